The van der Waals surface area contributed by atoms with Gasteiger partial charge in [0.15, 0.2) is 5.65 Å². The van der Waals surface area contributed by atoms with E-state index in [1.165, 1.54) is 4.40 Å². The minimum atomic E-state index is -0.250. The maximum absolute atomic E-state index is 11.5. The molecule has 0 bridgehead atoms. The maximum Gasteiger partial charge on any atom is 0.349 e. The second-order valence-electron chi connectivity index (χ2n) is 3.65. The van der Waals surface area contributed by atoms with Gasteiger partial charge in [0.05, 0.1) is 0 Å². The molecule has 0 unspecified atom stereocenters. The van der Waals surface area contributed by atoms with Crippen LogP contribution in [0.3, 0.4) is 0 Å². The fourth-order valence-electron chi connectivity index (χ4n) is 1.78. The number of H-pyrrole nitrogens is 1. The van der Waals surface area contributed by atoms with E-state index in [0.29, 0.717) is 11.5 Å². The molecule has 0 aliphatic carbocycles. The lowest BCUT2D eigenvalue weighted by molar-refractivity contribution is 0.833. The zero-order valence-electron chi connectivity index (χ0n) is 9.77. The van der Waals surface area contributed by atoms with Crippen molar-refractivity contribution in [2.45, 2.75) is 13.8 Å². The third kappa shape index (κ3) is 2.19. The van der Waals surface area contributed by atoms with Gasteiger partial charge in [0, 0.05) is 24.5 Å². The molecular weight excluding hydrogens is 286 g/mol. The minimum Gasteiger partial charge on any atom is -0.356 e. The fourth-order valence-corrected chi connectivity index (χ4v) is 2.21. The molecule has 0 spiro atoms. The Balaban J connectivity index is 2.53. The van der Waals surface area contributed by atoms with Gasteiger partial charge in [-0.05, 0) is 13.8 Å². The zero-order valence-corrected chi connectivity index (χ0v) is 11.4. The first kappa shape index (κ1) is 12.1. The Bertz CT molecular complexity index is 576. The summed E-state index contributed by atoms with van der Waals surface area (Å²) in [6, 6.07) is 1.82. The van der Waals surface area contributed by atoms with Gasteiger partial charge >= 0.3 is 5.69 Å². The molecule has 0 aliphatic rings. The smallest absolute Gasteiger partial charge is 0.349 e. The van der Waals surface area contributed by atoms with Crippen LogP contribution >= 0.6 is 15.9 Å². The van der Waals surface area contributed by atoms with Crippen molar-refractivity contribution >= 4 is 27.4 Å². The highest BCUT2D eigenvalue weighted by atomic mass is 79.9. The van der Waals surface area contributed by atoms with E-state index in [1.807, 2.05) is 6.07 Å². The van der Waals surface area contributed by atoms with E-state index in [2.05, 4.69) is 42.9 Å². The molecule has 2 aromatic heterocycles. The number of alkyl halides is 1. The van der Waals surface area contributed by atoms with Crippen LogP contribution in [0.25, 0.3) is 5.65 Å². The number of nitrogens with one attached hydrogen (secondary N) is 1. The lowest BCUT2D eigenvalue weighted by atomic mass is 10.4. The van der Waals surface area contributed by atoms with E-state index in [0.717, 1.165) is 24.2 Å². The standard InChI is InChI=1S/C10H14BrN5O/c1-3-15(5-4-11)8-6-9-13-14-10(17)16(9)7(2)12-8/h6H,3-5H2,1-2H3,(H,14,17). The molecule has 0 aliphatic heterocycles. The number of aromatic nitrogens is 4. The zero-order chi connectivity index (χ0) is 12.4. The molecule has 6 nitrogen and oxygen atoms in total. The van der Waals surface area contributed by atoms with Gasteiger partial charge in [0.25, 0.3) is 0 Å². The van der Waals surface area contributed by atoms with Crippen molar-refractivity contribution in [1.82, 2.24) is 19.6 Å². The van der Waals surface area contributed by atoms with Crippen LogP contribution in [0.1, 0.15) is 12.7 Å². The highest BCUT2D eigenvalue weighted by Crippen LogP contribution is 2.13. The molecule has 2 rings (SSSR count). The number of hydrogen-bond donors (Lipinski definition) is 1. The Morgan fingerprint density at radius 1 is 1.59 bits per heavy atom. The molecular formula is C10H14BrN5O. The van der Waals surface area contributed by atoms with Crippen LogP contribution in [0.4, 0.5) is 5.82 Å². The van der Waals surface area contributed by atoms with Gasteiger partial charge in [-0.25, -0.2) is 19.3 Å². The Morgan fingerprint density at radius 3 is 3.00 bits per heavy atom. The van der Waals surface area contributed by atoms with E-state index in [1.54, 1.807) is 6.92 Å². The van der Waals surface area contributed by atoms with E-state index >= 15 is 0 Å². The molecule has 1 N–H and O–H groups in total. The molecule has 0 fully saturated rings. The summed E-state index contributed by atoms with van der Waals surface area (Å²) in [5, 5.41) is 7.26. The van der Waals surface area contributed by atoms with E-state index < -0.39 is 0 Å². The van der Waals surface area contributed by atoms with Gasteiger partial charge in [-0.2, -0.15) is 5.10 Å². The second kappa shape index (κ2) is 4.87. The van der Waals surface area contributed by atoms with Crippen LogP contribution in [0, 0.1) is 6.92 Å². The quantitative estimate of drug-likeness (QED) is 0.854. The first-order chi connectivity index (χ1) is 8.17. The van der Waals surface area contributed by atoms with Gasteiger partial charge in [0.2, 0.25) is 0 Å². The first-order valence-corrected chi connectivity index (χ1v) is 6.55. The van der Waals surface area contributed by atoms with Crippen molar-refractivity contribution in [3.8, 4) is 0 Å². The summed E-state index contributed by atoms with van der Waals surface area (Å²) in [5.74, 6) is 1.49. The fraction of sp³-hybridized carbons (Fsp3) is 0.500. The summed E-state index contributed by atoms with van der Waals surface area (Å²) in [4.78, 5) is 18.0. The summed E-state index contributed by atoms with van der Waals surface area (Å²) in [7, 11) is 0. The summed E-state index contributed by atoms with van der Waals surface area (Å²) in [6.45, 7) is 5.60. The number of aromatic amines is 1. The van der Waals surface area contributed by atoms with Crippen molar-refractivity contribution < 1.29 is 0 Å². The van der Waals surface area contributed by atoms with Gasteiger partial charge in [0.1, 0.15) is 11.6 Å². The Hall–Kier alpha value is -1.37. The molecule has 0 radical (unpaired) electrons. The van der Waals surface area contributed by atoms with Crippen molar-refractivity contribution in [2.24, 2.45) is 0 Å². The summed E-state index contributed by atoms with van der Waals surface area (Å²) < 4.78 is 1.46. The number of aryl methyl sites for hydroxylation is 1. The van der Waals surface area contributed by atoms with Crippen molar-refractivity contribution in [2.75, 3.05) is 23.3 Å². The third-order valence-corrected chi connectivity index (χ3v) is 2.97. The highest BCUT2D eigenvalue weighted by molar-refractivity contribution is 9.09. The highest BCUT2D eigenvalue weighted by Gasteiger charge is 2.10. The number of halogens is 1. The molecule has 0 amide bonds. The number of anilines is 1. The van der Waals surface area contributed by atoms with E-state index in [9.17, 15) is 4.79 Å². The second-order valence-corrected chi connectivity index (χ2v) is 4.45. The van der Waals surface area contributed by atoms with Gasteiger partial charge < -0.3 is 4.90 Å². The summed E-state index contributed by atoms with van der Waals surface area (Å²) >= 11 is 3.41. The molecule has 2 aromatic rings. The van der Waals surface area contributed by atoms with E-state index in [4.69, 9.17) is 0 Å². The van der Waals surface area contributed by atoms with Crippen LogP contribution in [-0.2, 0) is 0 Å². The molecule has 0 saturated heterocycles. The molecule has 92 valence electrons. The van der Waals surface area contributed by atoms with E-state index in [-0.39, 0.29) is 5.69 Å². The molecule has 7 heteroatoms. The van der Waals surface area contributed by atoms with Crippen LogP contribution in [0.5, 0.6) is 0 Å². The SMILES string of the molecule is CCN(CCBr)c1cc2n[nH]c(=O)n2c(C)n1. The van der Waals surface area contributed by atoms with Crippen LogP contribution < -0.4 is 10.6 Å². The van der Waals surface area contributed by atoms with Gasteiger partial charge in [-0.1, -0.05) is 15.9 Å². The van der Waals surface area contributed by atoms with Crippen molar-refractivity contribution in [3.63, 3.8) is 0 Å². The first-order valence-electron chi connectivity index (χ1n) is 5.43. The molecule has 0 atom stereocenters. The normalized spacial score (nSPS) is 11.0. The average molecular weight is 300 g/mol. The summed E-state index contributed by atoms with van der Waals surface area (Å²) in [6.07, 6.45) is 0. The third-order valence-electron chi connectivity index (χ3n) is 2.62. The van der Waals surface area contributed by atoms with Gasteiger partial charge in [-0.3, -0.25) is 0 Å². The average Bonchev–Trinajstić information content (AvgIpc) is 2.68. The molecule has 0 aromatic carbocycles. The monoisotopic (exact) mass is 299 g/mol. The van der Waals surface area contributed by atoms with Gasteiger partial charge in [-0.15, -0.1) is 0 Å². The number of hydrogen-bond acceptors (Lipinski definition) is 4. The Kier molecular flexibility index (Phi) is 3.46. The van der Waals surface area contributed by atoms with Crippen LogP contribution in [-0.4, -0.2) is 38.0 Å². The molecule has 17 heavy (non-hydrogen) atoms. The predicted molar refractivity (Wildman–Crippen MR) is 70.0 cm³/mol. The number of nitrogens with zero attached hydrogens (tertiary/aromatic N) is 4. The topological polar surface area (TPSA) is 66.3 Å². The molecule has 0 saturated carbocycles. The lowest BCUT2D eigenvalue weighted by Crippen LogP contribution is -2.26. The minimum absolute atomic E-state index is 0.250. The maximum atomic E-state index is 11.5. The summed E-state index contributed by atoms with van der Waals surface area (Å²) in [5.41, 5.74) is 0.352. The van der Waals surface area contributed by atoms with Crippen molar-refractivity contribution in [3.05, 3.63) is 22.4 Å². The predicted octanol–water partition coefficient (Wildman–Crippen LogP) is 0.947. The number of rotatable bonds is 4. The molecule has 2 heterocycles. The largest absolute Gasteiger partial charge is 0.356 e. The Labute approximate surface area is 107 Å². The Morgan fingerprint density at radius 2 is 2.35 bits per heavy atom. The van der Waals surface area contributed by atoms with Crippen molar-refractivity contribution in [1.29, 1.82) is 0 Å². The van der Waals surface area contributed by atoms with Crippen LogP contribution in [0.15, 0.2) is 10.9 Å². The lowest BCUT2D eigenvalue weighted by Gasteiger charge is -2.21. The number of fused-ring (bicyclic) bond motifs is 1. The van der Waals surface area contributed by atoms with Crippen LogP contribution in [0.2, 0.25) is 0 Å².